The van der Waals surface area contributed by atoms with E-state index in [1.54, 1.807) is 24.3 Å². The molecule has 0 radical (unpaired) electrons. The lowest BCUT2D eigenvalue weighted by Gasteiger charge is -2.17. The van der Waals surface area contributed by atoms with Gasteiger partial charge in [0.2, 0.25) is 5.95 Å². The molecule has 0 aliphatic rings. The summed E-state index contributed by atoms with van der Waals surface area (Å²) in [6.45, 7) is -0.824. The highest BCUT2D eigenvalue weighted by molar-refractivity contribution is 6.30. The van der Waals surface area contributed by atoms with Crippen molar-refractivity contribution in [3.8, 4) is 16.9 Å². The summed E-state index contributed by atoms with van der Waals surface area (Å²) in [5, 5.41) is 22.6. The summed E-state index contributed by atoms with van der Waals surface area (Å²) >= 11 is 6.15. The number of nitrogens with zero attached hydrogens (tertiary/aromatic N) is 3. The van der Waals surface area contributed by atoms with Gasteiger partial charge in [-0.1, -0.05) is 23.7 Å². The number of aliphatic hydroxyl groups excluding tert-OH is 2. The average molecular weight is 491 g/mol. The number of fused-ring (bicyclic) bond motifs is 1. The molecule has 7 nitrogen and oxygen atoms in total. The Bertz CT molecular complexity index is 1390. The van der Waals surface area contributed by atoms with E-state index >= 15 is 0 Å². The summed E-state index contributed by atoms with van der Waals surface area (Å²) in [7, 11) is 0. The lowest BCUT2D eigenvalue weighted by atomic mass is 10.1. The Hall–Kier alpha value is -3.47. The zero-order chi connectivity index (χ0) is 24.5. The molecule has 3 N–H and O–H groups in total. The fourth-order valence-electron chi connectivity index (χ4n) is 3.42. The van der Waals surface area contributed by atoms with Crippen LogP contribution in [0.1, 0.15) is 5.56 Å². The fraction of sp³-hybridized carbons (Fsp3) is 0.174. The van der Waals surface area contributed by atoms with Crippen LogP contribution in [-0.2, 0) is 6.18 Å². The molecule has 176 valence electrons. The molecular weight excluding hydrogens is 473 g/mol. The topological polar surface area (TPSA) is 100 Å². The minimum absolute atomic E-state index is 0.00170. The van der Waals surface area contributed by atoms with Gasteiger partial charge in [0, 0.05) is 22.0 Å². The molecule has 0 spiro atoms. The molecule has 2 heterocycles. The molecule has 0 saturated carbocycles. The lowest BCUT2D eigenvalue weighted by Crippen LogP contribution is -2.29. The zero-order valence-electron chi connectivity index (χ0n) is 17.4. The van der Waals surface area contributed by atoms with Gasteiger partial charge in [-0.25, -0.2) is 4.98 Å². The molecule has 0 atom stereocenters. The quantitative estimate of drug-likeness (QED) is 0.379. The van der Waals surface area contributed by atoms with Crippen molar-refractivity contribution in [1.82, 2.24) is 14.5 Å². The van der Waals surface area contributed by atoms with Crippen LogP contribution in [0.2, 0.25) is 5.02 Å². The number of hydrogen-bond acceptors (Lipinski definition) is 6. The molecule has 0 unspecified atom stereocenters. The number of hydrogen-bond donors (Lipinski definition) is 3. The van der Waals surface area contributed by atoms with Gasteiger partial charge >= 0.3 is 6.18 Å². The second-order valence-corrected chi connectivity index (χ2v) is 7.84. The van der Waals surface area contributed by atoms with Crippen LogP contribution < -0.4 is 10.9 Å². The van der Waals surface area contributed by atoms with Crippen molar-refractivity contribution in [1.29, 1.82) is 0 Å². The van der Waals surface area contributed by atoms with E-state index in [0.29, 0.717) is 21.7 Å². The highest BCUT2D eigenvalue weighted by Crippen LogP contribution is 2.31. The molecule has 0 amide bonds. The molecule has 4 aromatic rings. The van der Waals surface area contributed by atoms with Gasteiger partial charge in [-0.05, 0) is 42.5 Å². The molecule has 2 aromatic heterocycles. The molecule has 4 rings (SSSR count). The van der Waals surface area contributed by atoms with Crippen molar-refractivity contribution >= 4 is 28.6 Å². The van der Waals surface area contributed by atoms with E-state index in [-0.39, 0.29) is 17.3 Å². The molecule has 0 fully saturated rings. The second-order valence-electron chi connectivity index (χ2n) is 7.40. The van der Waals surface area contributed by atoms with Gasteiger partial charge in [0.05, 0.1) is 36.2 Å². The summed E-state index contributed by atoms with van der Waals surface area (Å²) in [5.41, 5.74) is -0.0828. The third-order valence-electron chi connectivity index (χ3n) is 5.08. The first kappa shape index (κ1) is 23.7. The van der Waals surface area contributed by atoms with Crippen LogP contribution in [0, 0.1) is 0 Å². The molecule has 34 heavy (non-hydrogen) atoms. The van der Waals surface area contributed by atoms with Crippen molar-refractivity contribution in [3.05, 3.63) is 81.6 Å². The number of pyridine rings is 1. The Labute approximate surface area is 196 Å². The van der Waals surface area contributed by atoms with Crippen LogP contribution in [-0.4, -0.2) is 44.0 Å². The Morgan fingerprint density at radius 3 is 2.32 bits per heavy atom. The van der Waals surface area contributed by atoms with Gasteiger partial charge < -0.3 is 15.5 Å². The Kier molecular flexibility index (Phi) is 6.56. The highest BCUT2D eigenvalue weighted by atomic mass is 35.5. The van der Waals surface area contributed by atoms with Crippen molar-refractivity contribution in [2.24, 2.45) is 0 Å². The second kappa shape index (κ2) is 9.41. The van der Waals surface area contributed by atoms with Gasteiger partial charge in [-0.3, -0.25) is 9.36 Å². The van der Waals surface area contributed by atoms with Gasteiger partial charge in [-0.2, -0.15) is 18.2 Å². The van der Waals surface area contributed by atoms with E-state index in [2.05, 4.69) is 15.3 Å². The van der Waals surface area contributed by atoms with E-state index in [4.69, 9.17) is 11.6 Å². The summed E-state index contributed by atoms with van der Waals surface area (Å²) in [6, 6.07) is 13.0. The predicted octanol–water partition coefficient (Wildman–Crippen LogP) is 3.89. The molecule has 2 aromatic carbocycles. The number of alkyl halides is 3. The van der Waals surface area contributed by atoms with E-state index in [1.165, 1.54) is 28.8 Å². The first-order valence-corrected chi connectivity index (χ1v) is 10.4. The van der Waals surface area contributed by atoms with E-state index in [9.17, 15) is 28.2 Å². The van der Waals surface area contributed by atoms with Crippen LogP contribution in [0.15, 0.2) is 65.5 Å². The monoisotopic (exact) mass is 490 g/mol. The summed E-state index contributed by atoms with van der Waals surface area (Å²) in [4.78, 5) is 21.7. The number of aliphatic hydroxyl groups is 2. The van der Waals surface area contributed by atoms with Gasteiger partial charge in [-0.15, -0.1) is 0 Å². The third kappa shape index (κ3) is 4.74. The van der Waals surface area contributed by atoms with E-state index < -0.39 is 36.6 Å². The Morgan fingerprint density at radius 2 is 1.71 bits per heavy atom. The van der Waals surface area contributed by atoms with E-state index in [0.717, 1.165) is 12.1 Å². The van der Waals surface area contributed by atoms with Gasteiger partial charge in [0.15, 0.2) is 5.65 Å². The maximum Gasteiger partial charge on any atom is 0.416 e. The number of nitrogens with one attached hydrogen (secondary N) is 1. The fourth-order valence-corrected chi connectivity index (χ4v) is 3.61. The summed E-state index contributed by atoms with van der Waals surface area (Å²) in [6.07, 6.45) is -4.52. The van der Waals surface area contributed by atoms with Crippen molar-refractivity contribution in [3.63, 3.8) is 0 Å². The van der Waals surface area contributed by atoms with Crippen LogP contribution >= 0.6 is 11.6 Å². The first-order valence-electron chi connectivity index (χ1n) is 10.1. The maximum atomic E-state index is 13.0. The lowest BCUT2D eigenvalue weighted by molar-refractivity contribution is -0.137. The molecule has 0 aliphatic carbocycles. The third-order valence-corrected chi connectivity index (χ3v) is 5.31. The molecule has 11 heteroatoms. The summed E-state index contributed by atoms with van der Waals surface area (Å²) in [5.74, 6) is 0.00170. The first-order chi connectivity index (χ1) is 16.2. The van der Waals surface area contributed by atoms with Crippen molar-refractivity contribution in [2.75, 3.05) is 18.5 Å². The average Bonchev–Trinajstić information content (AvgIpc) is 2.81. The summed E-state index contributed by atoms with van der Waals surface area (Å²) < 4.78 is 40.2. The molecule has 0 saturated heterocycles. The van der Waals surface area contributed by atoms with Crippen LogP contribution in [0.3, 0.4) is 0 Å². The number of aromatic nitrogens is 3. The van der Waals surface area contributed by atoms with Crippen LogP contribution in [0.25, 0.3) is 28.0 Å². The minimum atomic E-state index is -4.52. The Balaban J connectivity index is 1.99. The number of rotatable bonds is 6. The number of anilines is 1. The largest absolute Gasteiger partial charge is 0.416 e. The molecule has 0 bridgehead atoms. The van der Waals surface area contributed by atoms with E-state index in [1.807, 2.05) is 0 Å². The van der Waals surface area contributed by atoms with Crippen molar-refractivity contribution in [2.45, 2.75) is 12.2 Å². The van der Waals surface area contributed by atoms with Gasteiger partial charge in [0.1, 0.15) is 0 Å². The number of halogens is 4. The SMILES string of the molecule is O=c1ccc2c(-c3cccc(Cl)c3)nc(NC(CO)CO)nc2n1-c1ccc(C(F)(F)F)cc1. The van der Waals surface area contributed by atoms with Crippen LogP contribution in [0.4, 0.5) is 19.1 Å². The smallest absolute Gasteiger partial charge is 0.394 e. The van der Waals surface area contributed by atoms with Crippen LogP contribution in [0.5, 0.6) is 0 Å². The standard InChI is InChI=1S/C23H18ClF3N4O3/c24-15-3-1-2-13(10-15)20-18-8-9-19(34)31(17-6-4-14(5-7-17)23(25,26)27)21(18)30-22(29-20)28-16(11-32)12-33/h1-10,16,32-33H,11-12H2,(H,28,29,30). The van der Waals surface area contributed by atoms with Crippen molar-refractivity contribution < 1.29 is 23.4 Å². The maximum absolute atomic E-state index is 13.0. The Morgan fingerprint density at radius 1 is 1.00 bits per heavy atom. The molecular formula is C23H18ClF3N4O3. The normalized spacial score (nSPS) is 11.9. The molecule has 0 aliphatic heterocycles. The highest BCUT2D eigenvalue weighted by Gasteiger charge is 2.30. The number of benzene rings is 2. The predicted molar refractivity (Wildman–Crippen MR) is 122 cm³/mol. The zero-order valence-corrected chi connectivity index (χ0v) is 18.2. The van der Waals surface area contributed by atoms with Gasteiger partial charge in [0.25, 0.3) is 5.56 Å². The minimum Gasteiger partial charge on any atom is -0.394 e.